The highest BCUT2D eigenvalue weighted by Crippen LogP contribution is 2.36. The molecule has 0 fully saturated rings. The van der Waals surface area contributed by atoms with E-state index in [2.05, 4.69) is 130 Å². The maximum absolute atomic E-state index is 2.46. The first-order valence-electron chi connectivity index (χ1n) is 9.97. The van der Waals surface area contributed by atoms with Gasteiger partial charge in [-0.1, -0.05) is 130 Å². The van der Waals surface area contributed by atoms with E-state index in [4.69, 9.17) is 0 Å². The van der Waals surface area contributed by atoms with Crippen molar-refractivity contribution in [2.75, 3.05) is 0 Å². The Bertz CT molecular complexity index is 880. The van der Waals surface area contributed by atoms with Crippen molar-refractivity contribution in [2.24, 2.45) is 5.41 Å². The highest BCUT2D eigenvalue weighted by Gasteiger charge is 2.46. The van der Waals surface area contributed by atoms with Gasteiger partial charge in [0.25, 0.3) is 0 Å². The van der Waals surface area contributed by atoms with Crippen LogP contribution in [0.3, 0.4) is 0 Å². The van der Waals surface area contributed by atoms with Crippen LogP contribution in [0, 0.1) is 11.0 Å². The molecule has 0 atom stereocenters. The first-order valence-corrected chi connectivity index (χ1v) is 12.0. The minimum atomic E-state index is -2.36. The Balaban J connectivity index is 2.03. The van der Waals surface area contributed by atoms with Gasteiger partial charge in [0.2, 0.25) is 0 Å². The Morgan fingerprint density at radius 3 is 1.25 bits per heavy atom. The molecule has 0 N–H and O–H groups in total. The molecule has 139 valence electrons. The lowest BCUT2D eigenvalue weighted by atomic mass is 9.87. The van der Waals surface area contributed by atoms with Gasteiger partial charge in [-0.3, -0.25) is 0 Å². The molecule has 0 aromatic heterocycles. The lowest BCUT2D eigenvalue weighted by Crippen LogP contribution is -2.70. The molecule has 1 aliphatic carbocycles. The number of allylic oxidation sites excluding steroid dienone is 4. The van der Waals surface area contributed by atoms with Crippen molar-refractivity contribution in [2.45, 2.75) is 20.8 Å². The van der Waals surface area contributed by atoms with Crippen LogP contribution in [0.1, 0.15) is 20.8 Å². The third kappa shape index (κ3) is 3.20. The first-order chi connectivity index (χ1) is 13.5. The van der Waals surface area contributed by atoms with Crippen molar-refractivity contribution in [1.29, 1.82) is 0 Å². The normalized spacial score (nSPS) is 14.9. The molecule has 3 aromatic carbocycles. The molecule has 0 heterocycles. The van der Waals surface area contributed by atoms with Crippen molar-refractivity contribution in [1.82, 2.24) is 0 Å². The van der Waals surface area contributed by atoms with Crippen LogP contribution in [-0.4, -0.2) is 8.07 Å². The van der Waals surface area contributed by atoms with Gasteiger partial charge in [-0.15, -0.1) is 0 Å². The summed E-state index contributed by atoms with van der Waals surface area (Å²) in [5, 5.41) is 4.29. The molecule has 0 bridgehead atoms. The Morgan fingerprint density at radius 2 is 0.929 bits per heavy atom. The average Bonchev–Trinajstić information content (AvgIpc) is 3.22. The molecule has 28 heavy (non-hydrogen) atoms. The van der Waals surface area contributed by atoms with E-state index in [1.54, 1.807) is 0 Å². The number of benzene rings is 3. The van der Waals surface area contributed by atoms with Crippen LogP contribution < -0.4 is 15.6 Å². The molecule has 0 saturated heterocycles. The van der Waals surface area contributed by atoms with E-state index in [-0.39, 0.29) is 5.41 Å². The van der Waals surface area contributed by atoms with Crippen molar-refractivity contribution >= 4 is 23.6 Å². The van der Waals surface area contributed by atoms with Crippen LogP contribution in [0.4, 0.5) is 0 Å². The topological polar surface area (TPSA) is 0 Å². The van der Waals surface area contributed by atoms with Crippen LogP contribution >= 0.6 is 0 Å². The third-order valence-corrected chi connectivity index (χ3v) is 10.4. The summed E-state index contributed by atoms with van der Waals surface area (Å²) < 4.78 is 0. The molecule has 0 unspecified atom stereocenters. The second kappa shape index (κ2) is 7.41. The first kappa shape index (κ1) is 18.7. The van der Waals surface area contributed by atoms with Gasteiger partial charge < -0.3 is 0 Å². The summed E-state index contributed by atoms with van der Waals surface area (Å²) in [4.78, 5) is 0. The highest BCUT2D eigenvalue weighted by molar-refractivity contribution is 7.15. The van der Waals surface area contributed by atoms with E-state index >= 15 is 0 Å². The third-order valence-electron chi connectivity index (χ3n) is 5.67. The Kier molecular flexibility index (Phi) is 4.95. The van der Waals surface area contributed by atoms with Crippen LogP contribution in [0.15, 0.2) is 115 Å². The molecule has 0 spiro atoms. The average molecular weight is 380 g/mol. The van der Waals surface area contributed by atoms with Crippen molar-refractivity contribution in [3.05, 3.63) is 120 Å². The van der Waals surface area contributed by atoms with Gasteiger partial charge in [0, 0.05) is 5.54 Å². The SMILES string of the molecule is CC(C)(C)C1=C[C]([Si](c2ccccc2)(c2ccccc2)c2ccccc2)C=C1. The lowest BCUT2D eigenvalue weighted by Gasteiger charge is -2.37. The quantitative estimate of drug-likeness (QED) is 0.451. The maximum atomic E-state index is 2.46. The summed E-state index contributed by atoms with van der Waals surface area (Å²) in [6, 6.07) is 33.3. The minimum absolute atomic E-state index is 0.141. The molecule has 0 aliphatic heterocycles. The van der Waals surface area contributed by atoms with Crippen LogP contribution in [0.2, 0.25) is 0 Å². The molecule has 0 saturated carbocycles. The summed E-state index contributed by atoms with van der Waals surface area (Å²) in [6.45, 7) is 6.88. The van der Waals surface area contributed by atoms with Gasteiger partial charge in [-0.25, -0.2) is 0 Å². The highest BCUT2D eigenvalue weighted by atomic mass is 28.3. The van der Waals surface area contributed by atoms with E-state index in [9.17, 15) is 0 Å². The molecule has 0 amide bonds. The summed E-state index contributed by atoms with van der Waals surface area (Å²) in [6.07, 6.45) is 7.16. The van der Waals surface area contributed by atoms with E-state index in [1.807, 2.05) is 0 Å². The molecular formula is C27H27Si. The maximum Gasteiger partial charge on any atom is 0.162 e. The van der Waals surface area contributed by atoms with E-state index in [1.165, 1.54) is 26.7 Å². The van der Waals surface area contributed by atoms with Gasteiger partial charge in [0.05, 0.1) is 0 Å². The van der Waals surface area contributed by atoms with E-state index in [0.29, 0.717) is 0 Å². The second-order valence-corrected chi connectivity index (χ2v) is 12.3. The Labute approximate surface area is 170 Å². The predicted molar refractivity (Wildman–Crippen MR) is 124 cm³/mol. The minimum Gasteiger partial charge on any atom is -0.0750 e. The Morgan fingerprint density at radius 1 is 0.536 bits per heavy atom. The van der Waals surface area contributed by atoms with Gasteiger partial charge in [0.1, 0.15) is 0 Å². The van der Waals surface area contributed by atoms with Gasteiger partial charge in [-0.05, 0) is 26.5 Å². The Hall–Kier alpha value is -2.64. The second-order valence-electron chi connectivity index (χ2n) is 8.49. The summed E-state index contributed by atoms with van der Waals surface area (Å²) in [5.41, 5.74) is 3.01. The zero-order valence-corrected chi connectivity index (χ0v) is 17.9. The van der Waals surface area contributed by atoms with Crippen molar-refractivity contribution in [3.63, 3.8) is 0 Å². The molecule has 1 aliphatic rings. The van der Waals surface area contributed by atoms with E-state index in [0.717, 1.165) is 0 Å². The molecule has 1 radical (unpaired) electrons. The van der Waals surface area contributed by atoms with Gasteiger partial charge >= 0.3 is 0 Å². The van der Waals surface area contributed by atoms with Crippen LogP contribution in [0.25, 0.3) is 0 Å². The molecule has 1 heteroatoms. The summed E-state index contributed by atoms with van der Waals surface area (Å²) in [7, 11) is -2.36. The molecule has 3 aromatic rings. The molecule has 4 rings (SSSR count). The number of hydrogen-bond donors (Lipinski definition) is 0. The number of rotatable bonds is 4. The zero-order chi connectivity index (χ0) is 19.6. The molecule has 0 nitrogen and oxygen atoms in total. The zero-order valence-electron chi connectivity index (χ0n) is 16.9. The summed E-state index contributed by atoms with van der Waals surface area (Å²) in [5.74, 6) is 0. The largest absolute Gasteiger partial charge is 0.162 e. The van der Waals surface area contributed by atoms with Gasteiger partial charge in [0.15, 0.2) is 8.07 Å². The van der Waals surface area contributed by atoms with Gasteiger partial charge in [-0.2, -0.15) is 0 Å². The number of hydrogen-bond acceptors (Lipinski definition) is 0. The lowest BCUT2D eigenvalue weighted by molar-refractivity contribution is 0.518. The fourth-order valence-corrected chi connectivity index (χ4v) is 8.99. The monoisotopic (exact) mass is 379 g/mol. The fraction of sp³-hybridized carbons (Fsp3) is 0.148. The van der Waals surface area contributed by atoms with Crippen LogP contribution in [0.5, 0.6) is 0 Å². The smallest absolute Gasteiger partial charge is 0.0750 e. The van der Waals surface area contributed by atoms with E-state index < -0.39 is 8.07 Å². The van der Waals surface area contributed by atoms with Crippen LogP contribution in [-0.2, 0) is 0 Å². The van der Waals surface area contributed by atoms with Crippen molar-refractivity contribution < 1.29 is 0 Å². The predicted octanol–water partition coefficient (Wildman–Crippen LogP) is 4.81. The molecular weight excluding hydrogens is 352 g/mol. The standard InChI is InChI=1S/C27H27Si/c1-27(2,3)22-19-20-26(21-22)28(23-13-7-4-8-14-23,24-15-9-5-10-16-24)25-17-11-6-12-18-25/h4-21H,1-3H3. The summed E-state index contributed by atoms with van der Waals surface area (Å²) >= 11 is 0. The fourth-order valence-electron chi connectivity index (χ4n) is 4.21. The van der Waals surface area contributed by atoms with Crippen molar-refractivity contribution in [3.8, 4) is 0 Å².